The van der Waals surface area contributed by atoms with Crippen molar-refractivity contribution in [3.05, 3.63) is 46.5 Å². The van der Waals surface area contributed by atoms with Crippen molar-refractivity contribution in [2.75, 3.05) is 24.7 Å². The molecule has 18 heavy (non-hydrogen) atoms. The number of hydrogen-bond acceptors (Lipinski definition) is 5. The Hall–Kier alpha value is -2.37. The van der Waals surface area contributed by atoms with E-state index in [0.29, 0.717) is 12.4 Å². The molecule has 2 aromatic heterocycles. The van der Waals surface area contributed by atoms with Gasteiger partial charge in [-0.25, -0.2) is 9.67 Å². The lowest BCUT2D eigenvalue weighted by molar-refractivity contribution is 0.638. The van der Waals surface area contributed by atoms with Crippen LogP contribution in [0, 0.1) is 0 Å². The van der Waals surface area contributed by atoms with E-state index in [0.717, 1.165) is 11.3 Å². The lowest BCUT2D eigenvalue weighted by Gasteiger charge is -2.12. The Morgan fingerprint density at radius 1 is 1.44 bits per heavy atom. The van der Waals surface area contributed by atoms with Crippen LogP contribution in [0.4, 0.5) is 11.5 Å². The van der Waals surface area contributed by atoms with Crippen LogP contribution in [-0.4, -0.2) is 28.9 Å². The number of aromatic nitrogens is 3. The Kier molecular flexibility index (Phi) is 3.27. The highest BCUT2D eigenvalue weighted by Crippen LogP contribution is 2.08. The number of pyridine rings is 1. The number of anilines is 2. The third-order valence-corrected chi connectivity index (χ3v) is 2.62. The van der Waals surface area contributed by atoms with Crippen LogP contribution in [0.15, 0.2) is 35.4 Å². The maximum absolute atomic E-state index is 11.9. The second kappa shape index (κ2) is 4.87. The van der Waals surface area contributed by atoms with Gasteiger partial charge in [0.25, 0.3) is 5.56 Å². The van der Waals surface area contributed by atoms with Gasteiger partial charge in [-0.15, -0.1) is 0 Å². The molecule has 0 saturated carbocycles. The van der Waals surface area contributed by atoms with Gasteiger partial charge in [-0.2, -0.15) is 5.10 Å². The Balaban J connectivity index is 2.31. The van der Waals surface area contributed by atoms with Gasteiger partial charge in [0, 0.05) is 31.9 Å². The Bertz CT molecular complexity index is 605. The molecule has 0 radical (unpaired) electrons. The van der Waals surface area contributed by atoms with E-state index in [1.165, 1.54) is 4.68 Å². The molecular weight excluding hydrogens is 230 g/mol. The molecule has 0 unspecified atom stereocenters. The zero-order valence-electron chi connectivity index (χ0n) is 10.4. The maximum Gasteiger partial charge on any atom is 0.269 e. The molecule has 94 valence electrons. The first-order valence-corrected chi connectivity index (χ1v) is 5.52. The van der Waals surface area contributed by atoms with Gasteiger partial charge in [0.05, 0.1) is 18.4 Å². The summed E-state index contributed by atoms with van der Waals surface area (Å²) in [6.45, 7) is 0.326. The minimum atomic E-state index is -0.163. The first kappa shape index (κ1) is 12.1. The highest BCUT2D eigenvalue weighted by Gasteiger charge is 2.05. The average Bonchev–Trinajstić information content (AvgIpc) is 2.34. The summed E-state index contributed by atoms with van der Waals surface area (Å²) in [5, 5.41) is 4.12. The molecule has 0 fully saturated rings. The number of rotatable bonds is 3. The maximum atomic E-state index is 11.9. The van der Waals surface area contributed by atoms with Crippen molar-refractivity contribution in [1.82, 2.24) is 14.8 Å². The standard InChI is InChI=1S/C12H15N5O/c1-16(2)10-6-11(18)17(15-7-10)8-9-4-3-5-14-12(9)13/h3-7H,8H2,1-2H3,(H2,13,14). The van der Waals surface area contributed by atoms with E-state index in [2.05, 4.69) is 10.1 Å². The van der Waals surface area contributed by atoms with E-state index in [1.807, 2.05) is 25.1 Å². The van der Waals surface area contributed by atoms with E-state index in [-0.39, 0.29) is 5.56 Å². The quantitative estimate of drug-likeness (QED) is 0.843. The van der Waals surface area contributed by atoms with Crippen LogP contribution >= 0.6 is 0 Å². The molecule has 0 atom stereocenters. The van der Waals surface area contributed by atoms with Crippen molar-refractivity contribution in [1.29, 1.82) is 0 Å². The summed E-state index contributed by atoms with van der Waals surface area (Å²) in [5.74, 6) is 0.419. The minimum absolute atomic E-state index is 0.163. The number of nitrogens with zero attached hydrogens (tertiary/aromatic N) is 4. The zero-order valence-corrected chi connectivity index (χ0v) is 10.4. The number of hydrogen-bond donors (Lipinski definition) is 1. The molecule has 2 aromatic rings. The van der Waals surface area contributed by atoms with E-state index in [9.17, 15) is 4.79 Å². The van der Waals surface area contributed by atoms with Gasteiger partial charge in [-0.05, 0) is 6.07 Å². The van der Waals surface area contributed by atoms with Crippen LogP contribution in [0.25, 0.3) is 0 Å². The summed E-state index contributed by atoms with van der Waals surface area (Å²) in [7, 11) is 3.72. The summed E-state index contributed by atoms with van der Waals surface area (Å²) in [5.41, 5.74) is 7.13. The van der Waals surface area contributed by atoms with E-state index < -0.39 is 0 Å². The molecule has 0 saturated heterocycles. The smallest absolute Gasteiger partial charge is 0.269 e. The van der Waals surface area contributed by atoms with Gasteiger partial charge in [0.15, 0.2) is 0 Å². The third-order valence-electron chi connectivity index (χ3n) is 2.62. The molecule has 0 amide bonds. The van der Waals surface area contributed by atoms with Gasteiger partial charge in [-0.1, -0.05) is 6.07 Å². The molecule has 0 spiro atoms. The fourth-order valence-electron chi connectivity index (χ4n) is 1.53. The van der Waals surface area contributed by atoms with Crippen LogP contribution in [0.3, 0.4) is 0 Å². The molecular formula is C12H15N5O. The molecule has 0 aliphatic rings. The number of nitrogens with two attached hydrogens (primary N) is 1. The fourth-order valence-corrected chi connectivity index (χ4v) is 1.53. The predicted octanol–water partition coefficient (Wildman–Crippen LogP) is 0.335. The normalized spacial score (nSPS) is 10.3. The Morgan fingerprint density at radius 2 is 2.22 bits per heavy atom. The topological polar surface area (TPSA) is 77.0 Å². The van der Waals surface area contributed by atoms with Crippen LogP contribution in [-0.2, 0) is 6.54 Å². The van der Waals surface area contributed by atoms with Gasteiger partial charge in [0.1, 0.15) is 5.82 Å². The fraction of sp³-hybridized carbons (Fsp3) is 0.250. The minimum Gasteiger partial charge on any atom is -0.383 e. The molecule has 0 aliphatic carbocycles. The van der Waals surface area contributed by atoms with Crippen molar-refractivity contribution >= 4 is 11.5 Å². The van der Waals surface area contributed by atoms with Crippen LogP contribution in [0.2, 0.25) is 0 Å². The summed E-state index contributed by atoms with van der Waals surface area (Å²) < 4.78 is 1.36. The second-order valence-corrected chi connectivity index (χ2v) is 4.15. The molecule has 2 N–H and O–H groups in total. The highest BCUT2D eigenvalue weighted by atomic mass is 16.1. The van der Waals surface area contributed by atoms with Crippen molar-refractivity contribution in [3.63, 3.8) is 0 Å². The number of nitrogen functional groups attached to an aromatic ring is 1. The summed E-state index contributed by atoms with van der Waals surface area (Å²) in [6, 6.07) is 5.15. The monoisotopic (exact) mass is 245 g/mol. The van der Waals surface area contributed by atoms with E-state index in [4.69, 9.17) is 5.73 Å². The average molecular weight is 245 g/mol. The van der Waals surface area contributed by atoms with Gasteiger partial charge in [-0.3, -0.25) is 4.79 Å². The first-order chi connectivity index (χ1) is 8.58. The molecule has 6 nitrogen and oxygen atoms in total. The molecule has 2 heterocycles. The molecule has 0 bridgehead atoms. The summed E-state index contributed by atoms with van der Waals surface area (Å²) >= 11 is 0. The molecule has 0 aromatic carbocycles. The van der Waals surface area contributed by atoms with Crippen molar-refractivity contribution in [2.45, 2.75) is 6.54 Å². The predicted molar refractivity (Wildman–Crippen MR) is 70.6 cm³/mol. The lowest BCUT2D eigenvalue weighted by atomic mass is 10.2. The zero-order chi connectivity index (χ0) is 13.1. The van der Waals surface area contributed by atoms with Crippen molar-refractivity contribution < 1.29 is 0 Å². The summed E-state index contributed by atoms with van der Waals surface area (Å²) in [6.07, 6.45) is 3.26. The van der Waals surface area contributed by atoms with Gasteiger partial charge in [0.2, 0.25) is 0 Å². The van der Waals surface area contributed by atoms with Gasteiger partial charge >= 0.3 is 0 Å². The molecule has 6 heteroatoms. The highest BCUT2D eigenvalue weighted by molar-refractivity contribution is 5.41. The lowest BCUT2D eigenvalue weighted by Crippen LogP contribution is -2.25. The molecule has 0 aliphatic heterocycles. The van der Waals surface area contributed by atoms with E-state index >= 15 is 0 Å². The van der Waals surface area contributed by atoms with Gasteiger partial charge < -0.3 is 10.6 Å². The Morgan fingerprint density at radius 3 is 2.83 bits per heavy atom. The SMILES string of the molecule is CN(C)c1cnn(Cc2cccnc2N)c(=O)c1. The second-order valence-electron chi connectivity index (χ2n) is 4.15. The van der Waals surface area contributed by atoms with Crippen LogP contribution in [0.5, 0.6) is 0 Å². The first-order valence-electron chi connectivity index (χ1n) is 5.52. The Labute approximate surface area is 105 Å². The molecule has 2 rings (SSSR count). The van der Waals surface area contributed by atoms with Crippen LogP contribution < -0.4 is 16.2 Å². The third kappa shape index (κ3) is 2.48. The largest absolute Gasteiger partial charge is 0.383 e. The summed E-state index contributed by atoms with van der Waals surface area (Å²) in [4.78, 5) is 17.7. The van der Waals surface area contributed by atoms with Crippen LogP contribution in [0.1, 0.15) is 5.56 Å². The van der Waals surface area contributed by atoms with E-state index in [1.54, 1.807) is 24.5 Å². The van der Waals surface area contributed by atoms with Crippen molar-refractivity contribution in [2.24, 2.45) is 0 Å². The van der Waals surface area contributed by atoms with Crippen molar-refractivity contribution in [3.8, 4) is 0 Å².